The van der Waals surface area contributed by atoms with E-state index in [-0.39, 0.29) is 22.0 Å². The van der Waals surface area contributed by atoms with E-state index in [0.29, 0.717) is 19.4 Å². The maximum absolute atomic E-state index is 12.9. The molecule has 1 aliphatic heterocycles. The monoisotopic (exact) mass is 438 g/mol. The quantitative estimate of drug-likeness (QED) is 0.649. The fourth-order valence-electron chi connectivity index (χ4n) is 3.49. The fraction of sp³-hybridized carbons (Fsp3) is 0.636. The van der Waals surface area contributed by atoms with Gasteiger partial charge in [0.2, 0.25) is 15.9 Å². The van der Waals surface area contributed by atoms with E-state index in [4.69, 9.17) is 4.74 Å². The molecule has 1 aromatic rings. The van der Waals surface area contributed by atoms with Gasteiger partial charge in [-0.1, -0.05) is 46.8 Å². The third kappa shape index (κ3) is 6.36. The number of ether oxygens (including phenoxy) is 1. The molecule has 7 nitrogen and oxygen atoms in total. The number of carbonyl (C=O) groups excluding carboxylic acids is 2. The minimum atomic E-state index is -3.88. The molecule has 1 amide bonds. The van der Waals surface area contributed by atoms with Gasteiger partial charge in [0.05, 0.1) is 10.9 Å². The summed E-state index contributed by atoms with van der Waals surface area (Å²) in [5.74, 6) is -0.506. The van der Waals surface area contributed by atoms with Gasteiger partial charge in [-0.2, -0.15) is 4.72 Å². The summed E-state index contributed by atoms with van der Waals surface area (Å²) in [4.78, 5) is 24.7. The molecule has 0 aliphatic carbocycles. The van der Waals surface area contributed by atoms with E-state index in [1.807, 2.05) is 13.8 Å². The van der Waals surface area contributed by atoms with Crippen LogP contribution < -0.4 is 10.0 Å². The van der Waals surface area contributed by atoms with Gasteiger partial charge in [-0.3, -0.25) is 9.59 Å². The van der Waals surface area contributed by atoms with Crippen molar-refractivity contribution in [3.05, 3.63) is 29.8 Å². The van der Waals surface area contributed by atoms with Gasteiger partial charge in [0.15, 0.2) is 5.78 Å². The smallest absolute Gasteiger partial charge is 0.241 e. The van der Waals surface area contributed by atoms with Crippen molar-refractivity contribution in [2.75, 3.05) is 6.61 Å². The first kappa shape index (κ1) is 24.5. The Morgan fingerprint density at radius 1 is 1.17 bits per heavy atom. The summed E-state index contributed by atoms with van der Waals surface area (Å²) in [6.45, 7) is 11.8. The number of hydrogen-bond acceptors (Lipinski definition) is 5. The van der Waals surface area contributed by atoms with Crippen LogP contribution in [0.15, 0.2) is 29.2 Å². The number of carbonyl (C=O) groups is 2. The number of benzene rings is 1. The van der Waals surface area contributed by atoms with Crippen LogP contribution in [-0.4, -0.2) is 44.9 Å². The first-order valence-electron chi connectivity index (χ1n) is 10.4. The average molecular weight is 439 g/mol. The zero-order valence-corrected chi connectivity index (χ0v) is 19.5. The number of hydrogen-bond donors (Lipinski definition) is 2. The van der Waals surface area contributed by atoms with Crippen molar-refractivity contribution in [1.82, 2.24) is 10.0 Å². The second-order valence-electron chi connectivity index (χ2n) is 9.38. The molecule has 3 atom stereocenters. The predicted molar refractivity (Wildman–Crippen MR) is 116 cm³/mol. The van der Waals surface area contributed by atoms with Gasteiger partial charge in [0.1, 0.15) is 12.1 Å². The van der Waals surface area contributed by atoms with Crippen LogP contribution in [0.2, 0.25) is 0 Å². The molecule has 1 fully saturated rings. The molecule has 0 bridgehead atoms. The highest BCUT2D eigenvalue weighted by atomic mass is 32.2. The van der Waals surface area contributed by atoms with E-state index in [1.165, 1.54) is 6.92 Å². The lowest BCUT2D eigenvalue weighted by atomic mass is 9.87. The van der Waals surface area contributed by atoms with Gasteiger partial charge in [0.25, 0.3) is 0 Å². The molecular weight excluding hydrogens is 404 g/mol. The molecule has 0 spiro atoms. The number of ketones is 1. The lowest BCUT2D eigenvalue weighted by Gasteiger charge is -2.24. The lowest BCUT2D eigenvalue weighted by Crippen LogP contribution is -2.52. The molecular formula is C22H34N2O5S. The summed E-state index contributed by atoms with van der Waals surface area (Å²) in [6, 6.07) is 5.32. The summed E-state index contributed by atoms with van der Waals surface area (Å²) in [5.41, 5.74) is 0.932. The molecule has 1 saturated heterocycles. The second-order valence-corrected chi connectivity index (χ2v) is 11.1. The van der Waals surface area contributed by atoms with E-state index < -0.39 is 34.1 Å². The molecule has 0 aromatic heterocycles. The molecule has 1 aromatic carbocycles. The molecule has 8 heteroatoms. The zero-order chi connectivity index (χ0) is 22.7. The Hall–Kier alpha value is -1.77. The van der Waals surface area contributed by atoms with E-state index >= 15 is 0 Å². The SMILES string of the molecule is CC(=O)[C@H]1OCC[C@@H]1NC(=O)[C@H](CC(C)C)NS(=O)(=O)c1ccc(C(C)(C)C)cc1. The molecule has 30 heavy (non-hydrogen) atoms. The molecule has 2 N–H and O–H groups in total. The van der Waals surface area contributed by atoms with Crippen LogP contribution in [-0.2, 0) is 29.8 Å². The van der Waals surface area contributed by atoms with Crippen LogP contribution in [0, 0.1) is 5.92 Å². The van der Waals surface area contributed by atoms with Crippen molar-refractivity contribution >= 4 is 21.7 Å². The van der Waals surface area contributed by atoms with Gasteiger partial charge in [-0.05, 0) is 48.8 Å². The number of rotatable bonds is 8. The number of nitrogens with one attached hydrogen (secondary N) is 2. The van der Waals surface area contributed by atoms with Gasteiger partial charge < -0.3 is 10.1 Å². The standard InChI is InChI=1S/C22H34N2O5S/c1-14(2)13-19(21(26)23-18-11-12-29-20(18)15(3)25)24-30(27,28)17-9-7-16(8-10-17)22(4,5)6/h7-10,14,18-20,24H,11-13H2,1-6H3,(H,23,26)/t18-,19-,20+/m0/s1. The lowest BCUT2D eigenvalue weighted by molar-refractivity contribution is -0.128. The van der Waals surface area contributed by atoms with Crippen LogP contribution in [0.25, 0.3) is 0 Å². The fourth-order valence-corrected chi connectivity index (χ4v) is 4.70. The van der Waals surface area contributed by atoms with Crippen molar-refractivity contribution in [2.45, 2.75) is 82.9 Å². The third-order valence-electron chi connectivity index (χ3n) is 5.17. The van der Waals surface area contributed by atoms with Crippen LogP contribution in [0.5, 0.6) is 0 Å². The summed E-state index contributed by atoms with van der Waals surface area (Å²) in [6.07, 6.45) is 0.171. The Bertz CT molecular complexity index is 857. The molecule has 2 rings (SSSR count). The summed E-state index contributed by atoms with van der Waals surface area (Å²) in [5, 5.41) is 2.81. The number of Topliss-reactive ketones (excluding diaryl/α,β-unsaturated/α-hetero) is 1. The van der Waals surface area contributed by atoms with Crippen molar-refractivity contribution in [3.63, 3.8) is 0 Å². The third-order valence-corrected chi connectivity index (χ3v) is 6.66. The van der Waals surface area contributed by atoms with Crippen LogP contribution in [0.1, 0.15) is 59.9 Å². The largest absolute Gasteiger partial charge is 0.368 e. The van der Waals surface area contributed by atoms with Crippen LogP contribution in [0.4, 0.5) is 0 Å². The second kappa shape index (κ2) is 9.58. The highest BCUT2D eigenvalue weighted by Gasteiger charge is 2.35. The van der Waals surface area contributed by atoms with E-state index in [0.717, 1.165) is 5.56 Å². The zero-order valence-electron chi connectivity index (χ0n) is 18.7. The van der Waals surface area contributed by atoms with E-state index in [9.17, 15) is 18.0 Å². The highest BCUT2D eigenvalue weighted by Crippen LogP contribution is 2.24. The minimum absolute atomic E-state index is 0.0909. The molecule has 168 valence electrons. The average Bonchev–Trinajstić information content (AvgIpc) is 3.08. The summed E-state index contributed by atoms with van der Waals surface area (Å²) in [7, 11) is -3.88. The molecule has 0 unspecified atom stereocenters. The topological polar surface area (TPSA) is 102 Å². The normalized spacial score (nSPS) is 20.9. The van der Waals surface area contributed by atoms with Gasteiger partial charge in [0, 0.05) is 6.61 Å². The van der Waals surface area contributed by atoms with Crippen molar-refractivity contribution < 1.29 is 22.7 Å². The first-order valence-corrected chi connectivity index (χ1v) is 11.8. The first-order chi connectivity index (χ1) is 13.8. The van der Waals surface area contributed by atoms with Gasteiger partial charge >= 0.3 is 0 Å². The van der Waals surface area contributed by atoms with E-state index in [2.05, 4.69) is 30.8 Å². The molecule has 0 saturated carbocycles. The van der Waals surface area contributed by atoms with Crippen molar-refractivity contribution in [3.8, 4) is 0 Å². The summed E-state index contributed by atoms with van der Waals surface area (Å²) < 4.78 is 33.8. The Balaban J connectivity index is 2.18. The Kier molecular flexibility index (Phi) is 7.82. The maximum Gasteiger partial charge on any atom is 0.241 e. The summed E-state index contributed by atoms with van der Waals surface area (Å²) >= 11 is 0. The van der Waals surface area contributed by atoms with Gasteiger partial charge in [-0.15, -0.1) is 0 Å². The van der Waals surface area contributed by atoms with E-state index in [1.54, 1.807) is 24.3 Å². The highest BCUT2D eigenvalue weighted by molar-refractivity contribution is 7.89. The Morgan fingerprint density at radius 2 is 1.77 bits per heavy atom. The minimum Gasteiger partial charge on any atom is -0.368 e. The number of amides is 1. The number of sulfonamides is 1. The molecule has 1 heterocycles. The molecule has 0 radical (unpaired) electrons. The molecule has 1 aliphatic rings. The van der Waals surface area contributed by atoms with Crippen molar-refractivity contribution in [1.29, 1.82) is 0 Å². The van der Waals surface area contributed by atoms with Crippen LogP contribution in [0.3, 0.4) is 0 Å². The predicted octanol–water partition coefficient (Wildman–Crippen LogP) is 2.54. The van der Waals surface area contributed by atoms with Crippen molar-refractivity contribution in [2.24, 2.45) is 5.92 Å². The van der Waals surface area contributed by atoms with Gasteiger partial charge in [-0.25, -0.2) is 8.42 Å². The van der Waals surface area contributed by atoms with Crippen LogP contribution >= 0.6 is 0 Å². The Labute approximate surface area is 180 Å². The Morgan fingerprint density at radius 3 is 2.27 bits per heavy atom. The maximum atomic E-state index is 12.9.